The molecule has 57 heavy (non-hydrogen) atoms. The monoisotopic (exact) mass is 805 g/mol. The molecule has 1 spiro atoms. The van der Waals surface area contributed by atoms with E-state index < -0.39 is 23.7 Å². The molecule has 0 radical (unpaired) electrons. The normalized spacial score (nSPS) is 20.2. The molecule has 8 rings (SSSR count). The second-order valence-corrected chi connectivity index (χ2v) is 15.7. The van der Waals surface area contributed by atoms with Gasteiger partial charge < -0.3 is 30.2 Å². The zero-order chi connectivity index (χ0) is 39.9. The Morgan fingerprint density at radius 2 is 1.77 bits per heavy atom. The average molecular weight is 806 g/mol. The summed E-state index contributed by atoms with van der Waals surface area (Å²) >= 11 is 7.11. The number of carbonyl (C=O) groups excluding carboxylic acids is 2. The number of hydrogen-bond acceptors (Lipinski definition) is 10. The SMILES string of the molecule is COc1nc(-c2ccnc(-c3cccc4c3CCC[C@@H]4Oc3nc(OC)c(CN4CC5(CNC(=O)C5)C4)cc3C(F)(F)F)c2Cl)ccc1CNC[C@H]1CCC(=O)N1. The van der Waals surface area contributed by atoms with Crippen LogP contribution in [-0.4, -0.2) is 78.1 Å². The third kappa shape index (κ3) is 7.97. The molecule has 1 aliphatic carbocycles. The molecule has 0 saturated carbocycles. The van der Waals surface area contributed by atoms with E-state index in [1.807, 2.05) is 35.2 Å². The Balaban J connectivity index is 1.03. The standard InChI is InChI=1S/C41H43ClF3N7O5/c1-55-37-23(17-46-18-25-10-12-33(53)49-25)9-11-31(50-37)29-13-14-47-36(35(29)42)28-7-3-6-27-26(28)5-4-8-32(27)57-39-30(41(43,44)45)15-24(38(51-39)56-2)19-52-21-40(22-52)16-34(54)48-20-40/h3,6-7,9,11,13-15,25,32,46H,4-5,8,10,12,16-22H2,1-2H3,(H,48,54)(H,49,53)/t25-,32+/m1/s1. The van der Waals surface area contributed by atoms with Gasteiger partial charge in [0.05, 0.1) is 30.6 Å². The van der Waals surface area contributed by atoms with Gasteiger partial charge in [-0.1, -0.05) is 35.9 Å². The van der Waals surface area contributed by atoms with Gasteiger partial charge in [0.1, 0.15) is 11.7 Å². The topological polar surface area (TPSA) is 140 Å². The van der Waals surface area contributed by atoms with Crippen molar-refractivity contribution in [3.63, 3.8) is 0 Å². The molecule has 2 amide bonds. The fraction of sp³-hybridized carbons (Fsp3) is 0.439. The molecule has 16 heteroatoms. The van der Waals surface area contributed by atoms with Gasteiger partial charge in [-0.2, -0.15) is 18.2 Å². The van der Waals surface area contributed by atoms with Crippen molar-refractivity contribution in [3.8, 4) is 40.2 Å². The van der Waals surface area contributed by atoms with Crippen molar-refractivity contribution in [2.45, 2.75) is 69.9 Å². The molecule has 3 fully saturated rings. The van der Waals surface area contributed by atoms with Crippen LogP contribution in [0.2, 0.25) is 5.02 Å². The summed E-state index contributed by atoms with van der Waals surface area (Å²) in [7, 11) is 2.94. The van der Waals surface area contributed by atoms with E-state index in [1.165, 1.54) is 7.11 Å². The maximum absolute atomic E-state index is 14.7. The largest absolute Gasteiger partial charge is 0.481 e. The number of fused-ring (bicyclic) bond motifs is 1. The molecule has 12 nitrogen and oxygen atoms in total. The Bertz CT molecular complexity index is 2200. The first-order chi connectivity index (χ1) is 27.4. The number of halogens is 4. The number of benzene rings is 1. The van der Waals surface area contributed by atoms with Gasteiger partial charge in [-0.15, -0.1) is 0 Å². The van der Waals surface area contributed by atoms with Crippen LogP contribution in [0.1, 0.15) is 66.0 Å². The van der Waals surface area contributed by atoms with E-state index in [0.717, 1.165) is 34.7 Å². The highest BCUT2D eigenvalue weighted by Crippen LogP contribution is 2.45. The predicted molar refractivity (Wildman–Crippen MR) is 205 cm³/mol. The Kier molecular flexibility index (Phi) is 10.7. The number of nitrogens with zero attached hydrogens (tertiary/aromatic N) is 4. The van der Waals surface area contributed by atoms with Gasteiger partial charge in [0, 0.05) is 92.0 Å². The van der Waals surface area contributed by atoms with Crippen LogP contribution in [0.25, 0.3) is 22.5 Å². The van der Waals surface area contributed by atoms with Crippen molar-refractivity contribution >= 4 is 23.4 Å². The van der Waals surface area contributed by atoms with Crippen LogP contribution >= 0.6 is 11.6 Å². The summed E-state index contributed by atoms with van der Waals surface area (Å²) in [6.45, 7) is 3.08. The first-order valence-electron chi connectivity index (χ1n) is 19.1. The van der Waals surface area contributed by atoms with E-state index in [-0.39, 0.29) is 35.7 Å². The minimum absolute atomic E-state index is 0.00249. The average Bonchev–Trinajstić information content (AvgIpc) is 3.79. The van der Waals surface area contributed by atoms with Crippen LogP contribution in [0.3, 0.4) is 0 Å². The number of aromatic nitrogens is 3. The van der Waals surface area contributed by atoms with Gasteiger partial charge >= 0.3 is 6.18 Å². The van der Waals surface area contributed by atoms with Crippen molar-refractivity contribution in [1.82, 2.24) is 35.8 Å². The Morgan fingerprint density at radius 1 is 0.965 bits per heavy atom. The van der Waals surface area contributed by atoms with Gasteiger partial charge in [-0.3, -0.25) is 19.5 Å². The number of likely N-dealkylation sites (tertiary alicyclic amines) is 1. The third-order valence-electron chi connectivity index (χ3n) is 11.3. The first kappa shape index (κ1) is 38.9. The quantitative estimate of drug-likeness (QED) is 0.155. The predicted octanol–water partition coefficient (Wildman–Crippen LogP) is 6.04. The molecule has 3 N–H and O–H groups in total. The Morgan fingerprint density at radius 3 is 2.49 bits per heavy atom. The lowest BCUT2D eigenvalue weighted by molar-refractivity contribution is -0.140. The fourth-order valence-electron chi connectivity index (χ4n) is 8.59. The summed E-state index contributed by atoms with van der Waals surface area (Å²) in [4.78, 5) is 39.1. The Labute approximate surface area is 332 Å². The molecule has 1 aromatic carbocycles. The maximum atomic E-state index is 14.7. The van der Waals surface area contributed by atoms with Gasteiger partial charge in [0.2, 0.25) is 29.5 Å². The molecule has 3 aliphatic heterocycles. The summed E-state index contributed by atoms with van der Waals surface area (Å²) in [5, 5.41) is 9.54. The van der Waals surface area contributed by atoms with Crippen LogP contribution in [-0.2, 0) is 35.3 Å². The third-order valence-corrected chi connectivity index (χ3v) is 11.7. The van der Waals surface area contributed by atoms with Gasteiger partial charge in [0.15, 0.2) is 0 Å². The first-order valence-corrected chi connectivity index (χ1v) is 19.4. The number of amides is 2. The molecule has 0 bridgehead atoms. The van der Waals surface area contributed by atoms with E-state index >= 15 is 0 Å². The molecule has 0 unspecified atom stereocenters. The highest BCUT2D eigenvalue weighted by molar-refractivity contribution is 6.35. The number of pyridine rings is 3. The van der Waals surface area contributed by atoms with Crippen LogP contribution in [0.5, 0.6) is 17.6 Å². The lowest BCUT2D eigenvalue weighted by atomic mass is 9.79. The van der Waals surface area contributed by atoms with Crippen molar-refractivity contribution in [3.05, 3.63) is 81.5 Å². The number of methoxy groups -OCH3 is 2. The number of nitrogens with one attached hydrogen (secondary N) is 3. The summed E-state index contributed by atoms with van der Waals surface area (Å²) in [6, 6.07) is 12.3. The smallest absolute Gasteiger partial charge is 0.421 e. The van der Waals surface area contributed by atoms with E-state index in [9.17, 15) is 22.8 Å². The van der Waals surface area contributed by atoms with Crippen LogP contribution in [0.15, 0.2) is 48.7 Å². The van der Waals surface area contributed by atoms with Crippen LogP contribution in [0, 0.1) is 5.41 Å². The van der Waals surface area contributed by atoms with Gasteiger partial charge in [-0.25, -0.2) is 4.98 Å². The van der Waals surface area contributed by atoms with Crippen LogP contribution < -0.4 is 30.2 Å². The van der Waals surface area contributed by atoms with E-state index in [0.29, 0.717) is 98.2 Å². The summed E-state index contributed by atoms with van der Waals surface area (Å²) in [5.74, 6) is 0.0198. The van der Waals surface area contributed by atoms with Gasteiger partial charge in [-0.05, 0) is 55.0 Å². The van der Waals surface area contributed by atoms with Crippen LogP contribution in [0.4, 0.5) is 13.2 Å². The number of carbonyl (C=O) groups is 2. The summed E-state index contributed by atoms with van der Waals surface area (Å²) in [6.07, 6.45) is -0.279. The minimum Gasteiger partial charge on any atom is -0.481 e. The van der Waals surface area contributed by atoms with E-state index in [4.69, 9.17) is 30.8 Å². The lowest BCUT2D eigenvalue weighted by Crippen LogP contribution is -2.56. The second kappa shape index (κ2) is 15.7. The Hall–Kier alpha value is -4.99. The van der Waals surface area contributed by atoms with Crippen molar-refractivity contribution in [1.29, 1.82) is 0 Å². The number of ether oxygens (including phenoxy) is 3. The van der Waals surface area contributed by atoms with E-state index in [1.54, 1.807) is 19.4 Å². The zero-order valence-corrected chi connectivity index (χ0v) is 32.4. The molecule has 6 heterocycles. The van der Waals surface area contributed by atoms with E-state index in [2.05, 4.69) is 25.9 Å². The number of hydrogen-bond donors (Lipinski definition) is 3. The maximum Gasteiger partial charge on any atom is 0.421 e. The zero-order valence-electron chi connectivity index (χ0n) is 31.6. The second-order valence-electron chi connectivity index (χ2n) is 15.3. The fourth-order valence-corrected chi connectivity index (χ4v) is 8.90. The molecule has 3 saturated heterocycles. The van der Waals surface area contributed by atoms with Crippen molar-refractivity contribution < 1.29 is 37.0 Å². The summed E-state index contributed by atoms with van der Waals surface area (Å²) in [5.41, 5.74) is 4.11. The van der Waals surface area contributed by atoms with Gasteiger partial charge in [0.25, 0.3) is 0 Å². The number of rotatable bonds is 12. The lowest BCUT2D eigenvalue weighted by Gasteiger charge is -2.47. The molecule has 4 aliphatic rings. The molecular weight excluding hydrogens is 763 g/mol. The molecule has 3 aromatic heterocycles. The minimum atomic E-state index is -4.74. The number of alkyl halides is 3. The summed E-state index contributed by atoms with van der Waals surface area (Å²) < 4.78 is 61.3. The molecule has 2 atom stereocenters. The molecule has 300 valence electrons. The van der Waals surface area contributed by atoms with Crippen molar-refractivity contribution in [2.24, 2.45) is 5.41 Å². The van der Waals surface area contributed by atoms with Crippen molar-refractivity contribution in [2.75, 3.05) is 40.4 Å². The highest BCUT2D eigenvalue weighted by Gasteiger charge is 2.48. The molecular formula is C41H43ClF3N7O5. The molecule has 4 aromatic rings. The highest BCUT2D eigenvalue weighted by atomic mass is 35.5.